The van der Waals surface area contributed by atoms with Crippen LogP contribution in [0, 0.1) is 5.21 Å². The predicted molar refractivity (Wildman–Crippen MR) is 110 cm³/mol. The molecule has 0 saturated carbocycles. The number of anilines is 2. The van der Waals surface area contributed by atoms with Crippen molar-refractivity contribution in [2.75, 3.05) is 17.0 Å². The van der Waals surface area contributed by atoms with Crippen LogP contribution in [0.4, 0.5) is 11.4 Å². The van der Waals surface area contributed by atoms with Gasteiger partial charge in [-0.3, -0.25) is 4.79 Å². The quantitative estimate of drug-likeness (QED) is 0.728. The fraction of sp³-hybridized carbons (Fsp3) is 0.318. The Hall–Kier alpha value is -2.79. The summed E-state index contributed by atoms with van der Waals surface area (Å²) in [5.41, 5.74) is 4.19. The van der Waals surface area contributed by atoms with E-state index >= 15 is 0 Å². The van der Waals surface area contributed by atoms with E-state index in [4.69, 9.17) is 4.74 Å². The van der Waals surface area contributed by atoms with E-state index in [1.807, 2.05) is 6.07 Å². The lowest BCUT2D eigenvalue weighted by Crippen LogP contribution is -2.44. The maximum absolute atomic E-state index is 12.7. The standard InChI is InChI=1S/C22H25N2O3/c1-15(2)7-4-8-16(3)13-14-27-20-12-6-10-18-21(20)23-17-9-5-11-19(25)22(17)24(18)26/h5-7,9-13,22-23H,4,8,14H2,1-3H3/q-1. The average molecular weight is 365 g/mol. The highest BCUT2D eigenvalue weighted by atomic mass is 16.5. The molecule has 1 aromatic rings. The third kappa shape index (κ3) is 4.31. The van der Waals surface area contributed by atoms with Gasteiger partial charge in [-0.15, -0.1) is 0 Å². The van der Waals surface area contributed by atoms with Crippen LogP contribution in [0.1, 0.15) is 33.6 Å². The van der Waals surface area contributed by atoms with Gasteiger partial charge in [0.15, 0.2) is 5.78 Å². The first kappa shape index (κ1) is 19.0. The molecule has 0 radical (unpaired) electrons. The summed E-state index contributed by atoms with van der Waals surface area (Å²) in [6.07, 6.45) is 11.1. The van der Waals surface area contributed by atoms with E-state index in [1.54, 1.807) is 24.3 Å². The second-order valence-electron chi connectivity index (χ2n) is 7.07. The normalized spacial score (nSPS) is 18.3. The van der Waals surface area contributed by atoms with Gasteiger partial charge in [0.1, 0.15) is 24.1 Å². The van der Waals surface area contributed by atoms with Crippen LogP contribution in [-0.2, 0) is 4.79 Å². The molecular weight excluding hydrogens is 340 g/mol. The van der Waals surface area contributed by atoms with E-state index in [9.17, 15) is 10.0 Å². The fourth-order valence-corrected chi connectivity index (χ4v) is 3.13. The molecule has 0 aromatic heterocycles. The largest absolute Gasteiger partial charge is 0.757 e. The molecule has 1 heterocycles. The van der Waals surface area contributed by atoms with Gasteiger partial charge in [-0.1, -0.05) is 29.4 Å². The van der Waals surface area contributed by atoms with Gasteiger partial charge in [0.2, 0.25) is 0 Å². The van der Waals surface area contributed by atoms with Crippen LogP contribution >= 0.6 is 0 Å². The van der Waals surface area contributed by atoms with Crippen LogP contribution in [0.5, 0.6) is 5.75 Å². The van der Waals surface area contributed by atoms with E-state index < -0.39 is 6.04 Å². The number of hydrogen-bond donors (Lipinski definition) is 1. The van der Waals surface area contributed by atoms with Crippen molar-refractivity contribution in [2.24, 2.45) is 0 Å². The number of hydrogen-bond acceptors (Lipinski definition) is 5. The minimum atomic E-state index is -0.838. The summed E-state index contributed by atoms with van der Waals surface area (Å²) in [4.78, 5) is 12.1. The second-order valence-corrected chi connectivity index (χ2v) is 7.07. The van der Waals surface area contributed by atoms with Crippen molar-refractivity contribution in [2.45, 2.75) is 39.7 Å². The topological polar surface area (TPSA) is 64.6 Å². The predicted octanol–water partition coefficient (Wildman–Crippen LogP) is 4.88. The molecule has 0 amide bonds. The monoisotopic (exact) mass is 365 g/mol. The molecule has 2 aliphatic rings. The zero-order valence-corrected chi connectivity index (χ0v) is 16.0. The number of ether oxygens (including phenoxy) is 1. The Labute approximate surface area is 160 Å². The zero-order chi connectivity index (χ0) is 19.4. The number of carbonyl (C=O) groups is 1. The van der Waals surface area contributed by atoms with E-state index in [1.165, 1.54) is 17.2 Å². The first-order valence-electron chi connectivity index (χ1n) is 9.17. The van der Waals surface area contributed by atoms with Crippen LogP contribution in [0.3, 0.4) is 0 Å². The highest BCUT2D eigenvalue weighted by Gasteiger charge is 2.31. The van der Waals surface area contributed by atoms with E-state index in [-0.39, 0.29) is 5.78 Å². The van der Waals surface area contributed by atoms with Crippen molar-refractivity contribution in [1.82, 2.24) is 0 Å². The Morgan fingerprint density at radius 2 is 2.11 bits per heavy atom. The molecule has 1 aliphatic heterocycles. The smallest absolute Gasteiger partial charge is 0.183 e. The number of nitrogens with one attached hydrogen (secondary N) is 1. The van der Waals surface area contributed by atoms with Crippen molar-refractivity contribution in [3.8, 4) is 5.75 Å². The summed E-state index contributed by atoms with van der Waals surface area (Å²) in [7, 11) is 0. The third-order valence-corrected chi connectivity index (χ3v) is 4.61. The molecule has 1 atom stereocenters. The number of para-hydroxylation sites is 1. The van der Waals surface area contributed by atoms with Gasteiger partial charge in [0, 0.05) is 5.70 Å². The second kappa shape index (κ2) is 8.27. The van der Waals surface area contributed by atoms with Gasteiger partial charge >= 0.3 is 0 Å². The number of hydroxylamine groups is 1. The molecule has 3 rings (SSSR count). The Bertz CT molecular complexity index is 845. The summed E-state index contributed by atoms with van der Waals surface area (Å²) >= 11 is 0. The Morgan fingerprint density at radius 3 is 2.89 bits per heavy atom. The number of carbonyl (C=O) groups excluding carboxylic acids is 1. The maximum atomic E-state index is 12.7. The summed E-state index contributed by atoms with van der Waals surface area (Å²) < 4.78 is 5.91. The van der Waals surface area contributed by atoms with Crippen molar-refractivity contribution in [3.63, 3.8) is 0 Å². The number of allylic oxidation sites excluding steroid dienone is 5. The van der Waals surface area contributed by atoms with Gasteiger partial charge < -0.3 is 20.3 Å². The summed E-state index contributed by atoms with van der Waals surface area (Å²) in [6, 6.07) is 4.46. The SMILES string of the molecule is CC(C)=CCCC(C)=CCOc1cccc2c1NC1=CC=CC(=O)C1N2[O-]. The molecular formula is C22H25N2O3-. The molecule has 0 bridgehead atoms. The lowest BCUT2D eigenvalue weighted by atomic mass is 9.99. The first-order valence-corrected chi connectivity index (χ1v) is 9.17. The first-order chi connectivity index (χ1) is 13.0. The highest BCUT2D eigenvalue weighted by Crippen LogP contribution is 2.42. The molecule has 5 heteroatoms. The van der Waals surface area contributed by atoms with Crippen molar-refractivity contribution >= 4 is 17.2 Å². The van der Waals surface area contributed by atoms with E-state index in [0.717, 1.165) is 17.9 Å². The molecule has 27 heavy (non-hydrogen) atoms. The summed E-state index contributed by atoms with van der Waals surface area (Å²) in [6.45, 7) is 6.72. The van der Waals surface area contributed by atoms with Crippen LogP contribution in [-0.4, -0.2) is 18.4 Å². The minimum absolute atomic E-state index is 0.220. The zero-order valence-electron chi connectivity index (χ0n) is 16.0. The van der Waals surface area contributed by atoms with Crippen molar-refractivity contribution in [3.05, 3.63) is 70.6 Å². The van der Waals surface area contributed by atoms with Crippen molar-refractivity contribution in [1.29, 1.82) is 0 Å². The minimum Gasteiger partial charge on any atom is -0.757 e. The lowest BCUT2D eigenvalue weighted by Gasteiger charge is -2.45. The highest BCUT2D eigenvalue weighted by molar-refractivity contribution is 6.04. The number of ketones is 1. The van der Waals surface area contributed by atoms with Crippen LogP contribution < -0.4 is 15.1 Å². The maximum Gasteiger partial charge on any atom is 0.183 e. The molecule has 142 valence electrons. The fourth-order valence-electron chi connectivity index (χ4n) is 3.13. The molecule has 0 fully saturated rings. The number of nitrogens with zero attached hydrogens (tertiary/aromatic N) is 1. The lowest BCUT2D eigenvalue weighted by molar-refractivity contribution is -0.115. The molecule has 0 spiro atoms. The van der Waals surface area contributed by atoms with E-state index in [0.29, 0.717) is 29.4 Å². The molecule has 1 aromatic carbocycles. The number of rotatable bonds is 6. The Kier molecular flexibility index (Phi) is 5.81. The third-order valence-electron chi connectivity index (χ3n) is 4.61. The Balaban J connectivity index is 1.72. The number of benzene rings is 1. The van der Waals surface area contributed by atoms with Gasteiger partial charge in [-0.25, -0.2) is 0 Å². The van der Waals surface area contributed by atoms with Gasteiger partial charge in [-0.2, -0.15) is 0 Å². The van der Waals surface area contributed by atoms with Gasteiger partial charge in [-0.05, 0) is 64.0 Å². The van der Waals surface area contributed by atoms with E-state index in [2.05, 4.69) is 38.2 Å². The molecule has 1 aliphatic carbocycles. The molecule has 1 N–H and O–H groups in total. The summed E-state index contributed by atoms with van der Waals surface area (Å²) in [5.74, 6) is 0.380. The van der Waals surface area contributed by atoms with Gasteiger partial charge in [0.25, 0.3) is 0 Å². The summed E-state index contributed by atoms with van der Waals surface area (Å²) in [5, 5.41) is 16.6. The molecule has 5 nitrogen and oxygen atoms in total. The van der Waals surface area contributed by atoms with Crippen LogP contribution in [0.15, 0.2) is 65.4 Å². The van der Waals surface area contributed by atoms with Crippen LogP contribution in [0.2, 0.25) is 0 Å². The number of fused-ring (bicyclic) bond motifs is 2. The van der Waals surface area contributed by atoms with Crippen molar-refractivity contribution < 1.29 is 9.53 Å². The average Bonchev–Trinajstić information content (AvgIpc) is 2.62. The Morgan fingerprint density at radius 1 is 1.30 bits per heavy atom. The molecule has 1 unspecified atom stereocenters. The van der Waals surface area contributed by atoms with Gasteiger partial charge in [0.05, 0.1) is 5.69 Å². The van der Waals surface area contributed by atoms with Crippen LogP contribution in [0.25, 0.3) is 0 Å². The molecule has 0 saturated heterocycles.